The Hall–Kier alpha value is -3.09. The maximum Gasteiger partial charge on any atom is 0.270 e. The van der Waals surface area contributed by atoms with Gasteiger partial charge in [-0.2, -0.15) is 0 Å². The molecule has 0 saturated heterocycles. The highest BCUT2D eigenvalue weighted by atomic mass is 16.6. The lowest BCUT2D eigenvalue weighted by Crippen LogP contribution is -2.30. The van der Waals surface area contributed by atoms with E-state index in [2.05, 4.69) is 0 Å². The Labute approximate surface area is 132 Å². The molecule has 0 aliphatic carbocycles. The predicted octanol–water partition coefficient (Wildman–Crippen LogP) is 2.52. The number of hydrogen-bond acceptors (Lipinski definition) is 5. The number of rotatable bonds is 6. The van der Waals surface area contributed by atoms with E-state index in [0.717, 1.165) is 0 Å². The molecule has 0 saturated carbocycles. The second kappa shape index (κ2) is 6.78. The van der Waals surface area contributed by atoms with Crippen molar-refractivity contribution in [2.24, 2.45) is 5.73 Å². The van der Waals surface area contributed by atoms with Crippen LogP contribution in [0.25, 0.3) is 11.1 Å². The van der Waals surface area contributed by atoms with E-state index in [4.69, 9.17) is 15.2 Å². The van der Waals surface area contributed by atoms with Crippen LogP contribution < -0.4 is 15.2 Å². The molecule has 0 spiro atoms. The summed E-state index contributed by atoms with van der Waals surface area (Å²) in [4.78, 5) is 21.7. The number of carbonyl (C=O) groups is 1. The molecule has 2 aromatic rings. The minimum absolute atomic E-state index is 0.0742. The Kier molecular flexibility index (Phi) is 4.80. The van der Waals surface area contributed by atoms with Gasteiger partial charge in [0.15, 0.2) is 6.10 Å². The standard InChI is InChI=1S/C16H16N2O5/c1-10(16(17)19)23-15-8-5-12(18(20)21)9-14(15)11-3-6-13(22-2)7-4-11/h3-10H,1-2H3,(H2,17,19)/t10-/m0/s1. The zero-order valence-electron chi connectivity index (χ0n) is 12.7. The first-order valence-corrected chi connectivity index (χ1v) is 6.81. The summed E-state index contributed by atoms with van der Waals surface area (Å²) in [6.45, 7) is 1.52. The summed E-state index contributed by atoms with van der Waals surface area (Å²) in [7, 11) is 1.55. The molecule has 0 bridgehead atoms. The Bertz CT molecular complexity index is 728. The maximum absolute atomic E-state index is 11.2. The lowest BCUT2D eigenvalue weighted by Gasteiger charge is -2.15. The van der Waals surface area contributed by atoms with Crippen molar-refractivity contribution >= 4 is 11.6 Å². The number of non-ortho nitro benzene ring substituents is 1. The molecule has 0 radical (unpaired) electrons. The van der Waals surface area contributed by atoms with Gasteiger partial charge in [0.1, 0.15) is 11.5 Å². The third kappa shape index (κ3) is 3.76. The maximum atomic E-state index is 11.2. The van der Waals surface area contributed by atoms with E-state index in [-0.39, 0.29) is 5.69 Å². The average molecular weight is 316 g/mol. The highest BCUT2D eigenvalue weighted by Crippen LogP contribution is 2.34. The van der Waals surface area contributed by atoms with Gasteiger partial charge in [0.25, 0.3) is 11.6 Å². The van der Waals surface area contributed by atoms with E-state index in [1.165, 1.54) is 25.1 Å². The molecule has 0 unspecified atom stereocenters. The van der Waals surface area contributed by atoms with Crippen LogP contribution in [0, 0.1) is 10.1 Å². The van der Waals surface area contributed by atoms with Crippen LogP contribution in [0.4, 0.5) is 5.69 Å². The van der Waals surface area contributed by atoms with Gasteiger partial charge in [0.05, 0.1) is 12.0 Å². The number of nitro benzene ring substituents is 1. The number of nitro groups is 1. The molecule has 2 N–H and O–H groups in total. The summed E-state index contributed by atoms with van der Waals surface area (Å²) in [6.07, 6.45) is -0.853. The van der Waals surface area contributed by atoms with E-state index in [1.807, 2.05) is 0 Å². The summed E-state index contributed by atoms with van der Waals surface area (Å²) in [5.74, 6) is 0.378. The fourth-order valence-electron chi connectivity index (χ4n) is 1.98. The number of methoxy groups -OCH3 is 1. The van der Waals surface area contributed by atoms with Crippen molar-refractivity contribution in [3.63, 3.8) is 0 Å². The van der Waals surface area contributed by atoms with Crippen LogP contribution in [-0.4, -0.2) is 24.0 Å². The molecule has 1 atom stereocenters. The second-order valence-corrected chi connectivity index (χ2v) is 4.83. The van der Waals surface area contributed by atoms with Crippen LogP contribution in [0.2, 0.25) is 0 Å². The molecule has 7 heteroatoms. The Morgan fingerprint density at radius 3 is 2.39 bits per heavy atom. The monoisotopic (exact) mass is 316 g/mol. The zero-order valence-corrected chi connectivity index (χ0v) is 12.7. The van der Waals surface area contributed by atoms with Gasteiger partial charge >= 0.3 is 0 Å². The summed E-state index contributed by atoms with van der Waals surface area (Å²) in [5, 5.41) is 11.0. The Balaban J connectivity index is 2.49. The summed E-state index contributed by atoms with van der Waals surface area (Å²) >= 11 is 0. The molecule has 0 aliphatic rings. The number of benzene rings is 2. The van der Waals surface area contributed by atoms with Crippen molar-refractivity contribution in [1.82, 2.24) is 0 Å². The van der Waals surface area contributed by atoms with Gasteiger partial charge in [0, 0.05) is 17.7 Å². The normalized spacial score (nSPS) is 11.6. The van der Waals surface area contributed by atoms with Gasteiger partial charge < -0.3 is 15.2 Å². The smallest absolute Gasteiger partial charge is 0.270 e. The van der Waals surface area contributed by atoms with Crippen molar-refractivity contribution in [2.45, 2.75) is 13.0 Å². The summed E-state index contributed by atoms with van der Waals surface area (Å²) in [5.41, 5.74) is 6.32. The van der Waals surface area contributed by atoms with Crippen molar-refractivity contribution in [3.05, 3.63) is 52.6 Å². The van der Waals surface area contributed by atoms with E-state index in [0.29, 0.717) is 22.6 Å². The zero-order chi connectivity index (χ0) is 17.0. The minimum atomic E-state index is -0.853. The molecule has 7 nitrogen and oxygen atoms in total. The minimum Gasteiger partial charge on any atom is -0.497 e. The largest absolute Gasteiger partial charge is 0.497 e. The van der Waals surface area contributed by atoms with E-state index >= 15 is 0 Å². The molecular weight excluding hydrogens is 300 g/mol. The third-order valence-corrected chi connectivity index (χ3v) is 3.28. The Morgan fingerprint density at radius 2 is 1.87 bits per heavy atom. The number of carbonyl (C=O) groups excluding carboxylic acids is 1. The van der Waals surface area contributed by atoms with Gasteiger partial charge in [0.2, 0.25) is 0 Å². The van der Waals surface area contributed by atoms with Crippen molar-refractivity contribution in [1.29, 1.82) is 0 Å². The molecular formula is C16H16N2O5. The third-order valence-electron chi connectivity index (χ3n) is 3.28. The van der Waals surface area contributed by atoms with Gasteiger partial charge in [-0.1, -0.05) is 12.1 Å². The number of nitrogens with zero attached hydrogens (tertiary/aromatic N) is 1. The molecule has 0 heterocycles. The van der Waals surface area contributed by atoms with Crippen molar-refractivity contribution < 1.29 is 19.2 Å². The lowest BCUT2D eigenvalue weighted by atomic mass is 10.0. The first-order chi connectivity index (χ1) is 10.9. The number of ether oxygens (including phenoxy) is 2. The van der Waals surface area contributed by atoms with Crippen molar-refractivity contribution in [3.8, 4) is 22.6 Å². The van der Waals surface area contributed by atoms with Gasteiger partial charge in [-0.15, -0.1) is 0 Å². The predicted molar refractivity (Wildman–Crippen MR) is 84.4 cm³/mol. The first kappa shape index (κ1) is 16.3. The molecule has 0 aromatic heterocycles. The number of amides is 1. The van der Waals surface area contributed by atoms with Crippen LogP contribution in [0.5, 0.6) is 11.5 Å². The quantitative estimate of drug-likeness (QED) is 0.651. The van der Waals surface area contributed by atoms with Crippen LogP contribution in [-0.2, 0) is 4.79 Å². The topological polar surface area (TPSA) is 105 Å². The van der Waals surface area contributed by atoms with E-state index < -0.39 is 16.9 Å². The first-order valence-electron chi connectivity index (χ1n) is 6.81. The van der Waals surface area contributed by atoms with E-state index in [1.54, 1.807) is 31.4 Å². The fraction of sp³-hybridized carbons (Fsp3) is 0.188. The highest BCUT2D eigenvalue weighted by molar-refractivity contribution is 5.80. The molecule has 120 valence electrons. The molecule has 23 heavy (non-hydrogen) atoms. The molecule has 0 aliphatic heterocycles. The number of nitrogens with two attached hydrogens (primary N) is 1. The SMILES string of the molecule is COc1ccc(-c2cc([N+](=O)[O-])ccc2O[C@@H](C)C(N)=O)cc1. The van der Waals surface area contributed by atoms with Gasteiger partial charge in [-0.3, -0.25) is 14.9 Å². The second-order valence-electron chi connectivity index (χ2n) is 4.83. The highest BCUT2D eigenvalue weighted by Gasteiger charge is 2.17. The van der Waals surface area contributed by atoms with Crippen LogP contribution in [0.3, 0.4) is 0 Å². The number of hydrogen-bond donors (Lipinski definition) is 1. The fourth-order valence-corrected chi connectivity index (χ4v) is 1.98. The summed E-state index contributed by atoms with van der Waals surface area (Å²) in [6, 6.07) is 11.1. The molecule has 1 amide bonds. The Morgan fingerprint density at radius 1 is 1.22 bits per heavy atom. The summed E-state index contributed by atoms with van der Waals surface area (Å²) < 4.78 is 10.6. The lowest BCUT2D eigenvalue weighted by molar-refractivity contribution is -0.384. The van der Waals surface area contributed by atoms with Crippen molar-refractivity contribution in [2.75, 3.05) is 7.11 Å². The van der Waals surface area contributed by atoms with Gasteiger partial charge in [-0.05, 0) is 30.7 Å². The van der Waals surface area contributed by atoms with Gasteiger partial charge in [-0.25, -0.2) is 0 Å². The van der Waals surface area contributed by atoms with Crippen LogP contribution >= 0.6 is 0 Å². The average Bonchev–Trinajstić information content (AvgIpc) is 2.55. The molecule has 2 rings (SSSR count). The number of primary amides is 1. The van der Waals surface area contributed by atoms with Crippen LogP contribution in [0.1, 0.15) is 6.92 Å². The molecule has 0 fully saturated rings. The van der Waals surface area contributed by atoms with E-state index in [9.17, 15) is 14.9 Å². The molecule has 2 aromatic carbocycles. The van der Waals surface area contributed by atoms with Crippen LogP contribution in [0.15, 0.2) is 42.5 Å².